The molecule has 3 rings (SSSR count). The summed E-state index contributed by atoms with van der Waals surface area (Å²) < 4.78 is 33.1. The van der Waals surface area contributed by atoms with Gasteiger partial charge in [0.25, 0.3) is 0 Å². The molecule has 0 aromatic heterocycles. The molecule has 6 heteroatoms. The average molecular weight is 294 g/mol. The highest BCUT2D eigenvalue weighted by Gasteiger charge is 2.46. The largest absolute Gasteiger partial charge is 0.385 e. The van der Waals surface area contributed by atoms with E-state index in [1.165, 1.54) is 6.07 Å². The molecule has 2 saturated heterocycles. The maximum Gasteiger partial charge on any atom is 0.144 e. The zero-order valence-corrected chi connectivity index (χ0v) is 11.6. The topological polar surface area (TPSA) is 56.5 Å². The molecule has 21 heavy (non-hydrogen) atoms. The summed E-state index contributed by atoms with van der Waals surface area (Å²) in [6.07, 6.45) is 0.704. The van der Waals surface area contributed by atoms with Gasteiger partial charge in [0.05, 0.1) is 18.8 Å². The number of halogens is 2. The predicted octanol–water partition coefficient (Wildman–Crippen LogP) is 1.52. The van der Waals surface area contributed by atoms with Gasteiger partial charge < -0.3 is 9.84 Å². The van der Waals surface area contributed by atoms with Crippen LogP contribution in [0.5, 0.6) is 0 Å². The van der Waals surface area contributed by atoms with Crippen molar-refractivity contribution in [3.8, 4) is 6.07 Å². The maximum atomic E-state index is 13.8. The fourth-order valence-electron chi connectivity index (χ4n) is 3.33. The lowest BCUT2D eigenvalue weighted by Crippen LogP contribution is -2.59. The third-order valence-electron chi connectivity index (χ3n) is 4.61. The highest BCUT2D eigenvalue weighted by atomic mass is 19.1. The molecule has 2 unspecified atom stereocenters. The normalized spacial score (nSPS) is 32.7. The molecule has 2 bridgehead atoms. The van der Waals surface area contributed by atoms with Gasteiger partial charge >= 0.3 is 0 Å². The van der Waals surface area contributed by atoms with Crippen LogP contribution in [0, 0.1) is 23.0 Å². The second kappa shape index (κ2) is 5.02. The highest BCUT2D eigenvalue weighted by molar-refractivity contribution is 5.37. The molecule has 2 atom stereocenters. The summed E-state index contributed by atoms with van der Waals surface area (Å²) in [6, 6.07) is 3.67. The third-order valence-corrected chi connectivity index (χ3v) is 4.61. The van der Waals surface area contributed by atoms with E-state index in [-0.39, 0.29) is 17.6 Å². The van der Waals surface area contributed by atoms with Gasteiger partial charge in [0.15, 0.2) is 0 Å². The Kier molecular flexibility index (Phi) is 3.44. The van der Waals surface area contributed by atoms with Crippen LogP contribution in [-0.2, 0) is 10.3 Å². The van der Waals surface area contributed by atoms with Crippen LogP contribution in [0.25, 0.3) is 0 Å². The molecule has 1 aromatic carbocycles. The molecule has 1 N–H and O–H groups in total. The van der Waals surface area contributed by atoms with Gasteiger partial charge in [0.2, 0.25) is 0 Å². The Morgan fingerprint density at radius 2 is 1.81 bits per heavy atom. The number of rotatable bonds is 1. The number of ether oxygens (including phenoxy) is 1. The van der Waals surface area contributed by atoms with Crippen LogP contribution >= 0.6 is 0 Å². The monoisotopic (exact) mass is 294 g/mol. The minimum absolute atomic E-state index is 0.0178. The quantitative estimate of drug-likeness (QED) is 0.853. The van der Waals surface area contributed by atoms with Crippen LogP contribution in [0.15, 0.2) is 12.1 Å². The molecule has 112 valence electrons. The number of fused-ring (bicyclic) bond motifs is 2. The van der Waals surface area contributed by atoms with Crippen molar-refractivity contribution in [1.82, 2.24) is 4.90 Å². The summed E-state index contributed by atoms with van der Waals surface area (Å²) >= 11 is 0. The molecular weight excluding hydrogens is 278 g/mol. The Hall–Kier alpha value is -1.55. The van der Waals surface area contributed by atoms with Crippen molar-refractivity contribution in [1.29, 1.82) is 5.26 Å². The van der Waals surface area contributed by atoms with Crippen molar-refractivity contribution in [3.05, 3.63) is 34.9 Å². The van der Waals surface area contributed by atoms with Gasteiger partial charge in [-0.2, -0.15) is 5.26 Å². The lowest BCUT2D eigenvalue weighted by Gasteiger charge is -2.50. The second-order valence-electron chi connectivity index (χ2n) is 5.88. The minimum atomic E-state index is -1.29. The number of hydrogen-bond acceptors (Lipinski definition) is 4. The van der Waals surface area contributed by atoms with Crippen LogP contribution in [0.3, 0.4) is 0 Å². The maximum absolute atomic E-state index is 13.8. The van der Waals surface area contributed by atoms with Crippen LogP contribution in [0.1, 0.15) is 24.0 Å². The van der Waals surface area contributed by atoms with Gasteiger partial charge in [-0.25, -0.2) is 8.78 Å². The van der Waals surface area contributed by atoms with Crippen LogP contribution in [0.2, 0.25) is 0 Å². The van der Waals surface area contributed by atoms with E-state index in [1.54, 1.807) is 0 Å². The van der Waals surface area contributed by atoms with Gasteiger partial charge in [-0.05, 0) is 37.6 Å². The summed E-state index contributed by atoms with van der Waals surface area (Å²) in [5, 5.41) is 19.6. The lowest BCUT2D eigenvalue weighted by molar-refractivity contribution is -0.137. The van der Waals surface area contributed by atoms with E-state index in [0.717, 1.165) is 12.1 Å². The number of aliphatic hydroxyl groups is 1. The SMILES string of the molecule is CN1C2COCC1CC(O)(c1cc(F)c(C#N)c(F)c1)C2. The number of nitriles is 1. The fraction of sp³-hybridized carbons (Fsp3) is 0.533. The molecular formula is C15H16F2N2O2. The molecule has 0 spiro atoms. The summed E-state index contributed by atoms with van der Waals surface area (Å²) in [7, 11) is 1.97. The molecule has 0 saturated carbocycles. The summed E-state index contributed by atoms with van der Waals surface area (Å²) in [5.41, 5.74) is -1.71. The zero-order valence-electron chi connectivity index (χ0n) is 11.6. The average Bonchev–Trinajstić information content (AvgIpc) is 2.40. The molecule has 4 nitrogen and oxygen atoms in total. The van der Waals surface area contributed by atoms with E-state index >= 15 is 0 Å². The van der Waals surface area contributed by atoms with Gasteiger partial charge in [-0.15, -0.1) is 0 Å². The summed E-state index contributed by atoms with van der Waals surface area (Å²) in [5.74, 6) is -1.86. The Bertz CT molecular complexity index is 577. The van der Waals surface area contributed by atoms with Crippen molar-refractivity contribution in [2.24, 2.45) is 0 Å². The first-order valence-corrected chi connectivity index (χ1v) is 6.86. The first kappa shape index (κ1) is 14.4. The van der Waals surface area contributed by atoms with Gasteiger partial charge in [0, 0.05) is 12.1 Å². The highest BCUT2D eigenvalue weighted by Crippen LogP contribution is 2.40. The van der Waals surface area contributed by atoms with Gasteiger partial charge in [-0.1, -0.05) is 0 Å². The fourth-order valence-corrected chi connectivity index (χ4v) is 3.33. The molecule has 1 aromatic rings. The van der Waals surface area contributed by atoms with Gasteiger partial charge in [0.1, 0.15) is 23.3 Å². The van der Waals surface area contributed by atoms with E-state index in [4.69, 9.17) is 10.00 Å². The van der Waals surface area contributed by atoms with Crippen molar-refractivity contribution < 1.29 is 18.6 Å². The second-order valence-corrected chi connectivity index (χ2v) is 5.88. The zero-order chi connectivity index (χ0) is 15.2. The van der Waals surface area contributed by atoms with Crippen LogP contribution in [0.4, 0.5) is 8.78 Å². The number of nitrogens with zero attached hydrogens (tertiary/aromatic N) is 2. The first-order chi connectivity index (χ1) is 9.94. The smallest absolute Gasteiger partial charge is 0.144 e. The van der Waals surface area contributed by atoms with E-state index in [1.807, 2.05) is 7.05 Å². The predicted molar refractivity (Wildman–Crippen MR) is 70.4 cm³/mol. The standard InChI is InChI=1S/C15H16F2N2O2/c1-19-10-4-15(20,5-11(19)8-21-7-10)9-2-13(16)12(6-18)14(17)3-9/h2-3,10-11,20H,4-5,7-8H2,1H3. The molecule has 0 aliphatic carbocycles. The van der Waals surface area contributed by atoms with Crippen molar-refractivity contribution in [2.75, 3.05) is 20.3 Å². The molecule has 0 radical (unpaired) electrons. The third kappa shape index (κ3) is 2.31. The van der Waals surface area contributed by atoms with Crippen molar-refractivity contribution in [3.63, 3.8) is 0 Å². The van der Waals surface area contributed by atoms with E-state index in [9.17, 15) is 13.9 Å². The Morgan fingerprint density at radius 1 is 1.29 bits per heavy atom. The van der Waals surface area contributed by atoms with E-state index < -0.39 is 22.8 Å². The lowest BCUT2D eigenvalue weighted by atomic mass is 9.77. The minimum Gasteiger partial charge on any atom is -0.385 e. The Balaban J connectivity index is 1.98. The molecule has 2 fully saturated rings. The molecule has 2 aliphatic heterocycles. The summed E-state index contributed by atoms with van der Waals surface area (Å²) in [4.78, 5) is 2.15. The Morgan fingerprint density at radius 3 is 2.29 bits per heavy atom. The first-order valence-electron chi connectivity index (χ1n) is 6.86. The Labute approximate surface area is 121 Å². The number of likely N-dealkylation sites (N-methyl/N-ethyl adjacent to an activating group) is 1. The molecule has 0 amide bonds. The molecule has 2 aliphatic rings. The van der Waals surface area contributed by atoms with Crippen LogP contribution < -0.4 is 0 Å². The van der Waals surface area contributed by atoms with Crippen molar-refractivity contribution in [2.45, 2.75) is 30.5 Å². The van der Waals surface area contributed by atoms with E-state index in [2.05, 4.69) is 4.90 Å². The summed E-state index contributed by atoms with van der Waals surface area (Å²) in [6.45, 7) is 0.993. The number of piperidine rings is 1. The number of morpholine rings is 1. The van der Waals surface area contributed by atoms with E-state index in [0.29, 0.717) is 26.1 Å². The molecule has 2 heterocycles. The number of benzene rings is 1. The number of hydrogen-bond donors (Lipinski definition) is 1. The van der Waals surface area contributed by atoms with Crippen molar-refractivity contribution >= 4 is 0 Å². The van der Waals surface area contributed by atoms with Gasteiger partial charge in [-0.3, -0.25) is 4.90 Å². The van der Waals surface area contributed by atoms with Crippen LogP contribution in [-0.4, -0.2) is 42.4 Å².